The van der Waals surface area contributed by atoms with Crippen molar-refractivity contribution in [1.29, 1.82) is 0 Å². The van der Waals surface area contributed by atoms with Gasteiger partial charge in [0.25, 0.3) is 11.5 Å². The van der Waals surface area contributed by atoms with Gasteiger partial charge in [0.2, 0.25) is 0 Å². The summed E-state index contributed by atoms with van der Waals surface area (Å²) in [5.74, 6) is 5.87. The standard InChI is InChI=1S/C32H24N6O2/c1-21(35-31(39)28-22(2)36-37-19-9-18-34-30(28)37)27-20-24-11-8-10-23(15-16-25-12-6-7-17-33-25)29(24)32(40)38(27)26-13-4-3-5-14-26/h3-14,17-21H,1-2H3,(H,35,39)/t21-/m1/s1. The van der Waals surface area contributed by atoms with Gasteiger partial charge in [-0.3, -0.25) is 14.2 Å². The maximum absolute atomic E-state index is 14.2. The van der Waals surface area contributed by atoms with Crippen molar-refractivity contribution in [3.8, 4) is 17.5 Å². The van der Waals surface area contributed by atoms with E-state index < -0.39 is 6.04 Å². The Kier molecular flexibility index (Phi) is 6.38. The SMILES string of the molecule is Cc1nn2cccnc2c1C(=O)N[C@H](C)c1cc2cccc(C#Cc3ccccn3)c2c(=O)n1-c1ccccc1. The molecule has 0 aliphatic carbocycles. The molecular weight excluding hydrogens is 500 g/mol. The predicted octanol–water partition coefficient (Wildman–Crippen LogP) is 4.63. The number of aryl methyl sites for hydroxylation is 1. The molecule has 194 valence electrons. The van der Waals surface area contributed by atoms with Crippen LogP contribution in [0.15, 0.2) is 102 Å². The van der Waals surface area contributed by atoms with Gasteiger partial charge in [-0.2, -0.15) is 5.10 Å². The Hall–Kier alpha value is -5.55. The fourth-order valence-electron chi connectivity index (χ4n) is 4.82. The van der Waals surface area contributed by atoms with Crippen LogP contribution < -0.4 is 10.9 Å². The molecule has 40 heavy (non-hydrogen) atoms. The number of nitrogens with one attached hydrogen (secondary N) is 1. The van der Waals surface area contributed by atoms with E-state index >= 15 is 0 Å². The molecule has 0 saturated heterocycles. The van der Waals surface area contributed by atoms with Crippen molar-refractivity contribution in [2.45, 2.75) is 19.9 Å². The minimum absolute atomic E-state index is 0.223. The number of carbonyl (C=O) groups excluding carboxylic acids is 1. The maximum atomic E-state index is 14.2. The van der Waals surface area contributed by atoms with Gasteiger partial charge in [0.15, 0.2) is 5.65 Å². The van der Waals surface area contributed by atoms with Crippen LogP contribution in [-0.2, 0) is 0 Å². The molecule has 8 heteroatoms. The molecule has 1 amide bonds. The summed E-state index contributed by atoms with van der Waals surface area (Å²) < 4.78 is 3.22. The second-order valence-electron chi connectivity index (χ2n) is 9.32. The lowest BCUT2D eigenvalue weighted by Crippen LogP contribution is -2.32. The Balaban J connectivity index is 1.48. The van der Waals surface area contributed by atoms with E-state index in [4.69, 9.17) is 0 Å². The third-order valence-corrected chi connectivity index (χ3v) is 6.67. The second-order valence-corrected chi connectivity index (χ2v) is 9.32. The summed E-state index contributed by atoms with van der Waals surface area (Å²) in [6.45, 7) is 3.63. The predicted molar refractivity (Wildman–Crippen MR) is 153 cm³/mol. The van der Waals surface area contributed by atoms with Gasteiger partial charge in [-0.15, -0.1) is 0 Å². The van der Waals surface area contributed by atoms with E-state index in [0.717, 1.165) is 5.39 Å². The Morgan fingerprint density at radius 1 is 0.925 bits per heavy atom. The van der Waals surface area contributed by atoms with E-state index in [1.807, 2.05) is 79.7 Å². The Labute approximate surface area is 230 Å². The molecule has 0 saturated carbocycles. The van der Waals surface area contributed by atoms with Crippen molar-refractivity contribution < 1.29 is 4.79 Å². The van der Waals surface area contributed by atoms with Crippen LogP contribution in [0.3, 0.4) is 0 Å². The van der Waals surface area contributed by atoms with Crippen LogP contribution >= 0.6 is 0 Å². The summed E-state index contributed by atoms with van der Waals surface area (Å²) >= 11 is 0. The summed E-state index contributed by atoms with van der Waals surface area (Å²) in [4.78, 5) is 36.3. The second kappa shape index (κ2) is 10.3. The lowest BCUT2D eigenvalue weighted by molar-refractivity contribution is 0.0939. The molecule has 0 spiro atoms. The van der Waals surface area contributed by atoms with Crippen LogP contribution in [0.5, 0.6) is 0 Å². The largest absolute Gasteiger partial charge is 0.344 e. The van der Waals surface area contributed by atoms with Crippen LogP contribution in [0.2, 0.25) is 0 Å². The minimum Gasteiger partial charge on any atom is -0.344 e. The van der Waals surface area contributed by atoms with Gasteiger partial charge in [0, 0.05) is 35.5 Å². The van der Waals surface area contributed by atoms with Gasteiger partial charge in [-0.1, -0.05) is 42.3 Å². The Morgan fingerprint density at radius 2 is 1.73 bits per heavy atom. The number of hydrogen-bond donors (Lipinski definition) is 1. The molecule has 0 aliphatic rings. The van der Waals surface area contributed by atoms with Crippen LogP contribution in [0, 0.1) is 18.8 Å². The molecule has 8 nitrogen and oxygen atoms in total. The fourth-order valence-corrected chi connectivity index (χ4v) is 4.82. The fraction of sp³-hybridized carbons (Fsp3) is 0.0938. The molecular formula is C32H24N6O2. The normalized spacial score (nSPS) is 11.7. The van der Waals surface area contributed by atoms with Gasteiger partial charge in [-0.05, 0) is 67.6 Å². The van der Waals surface area contributed by atoms with Crippen LogP contribution in [0.4, 0.5) is 0 Å². The van der Waals surface area contributed by atoms with E-state index in [-0.39, 0.29) is 11.5 Å². The number of pyridine rings is 2. The van der Waals surface area contributed by atoms with Gasteiger partial charge in [-0.25, -0.2) is 14.5 Å². The smallest absolute Gasteiger partial charge is 0.264 e. The van der Waals surface area contributed by atoms with Gasteiger partial charge >= 0.3 is 0 Å². The molecule has 1 atom stereocenters. The first-order valence-electron chi connectivity index (χ1n) is 12.8. The van der Waals surface area contributed by atoms with Crippen molar-refractivity contribution in [2.24, 2.45) is 0 Å². The number of fused-ring (bicyclic) bond motifs is 2. The van der Waals surface area contributed by atoms with Gasteiger partial charge < -0.3 is 5.32 Å². The number of carbonyl (C=O) groups is 1. The van der Waals surface area contributed by atoms with Crippen LogP contribution in [-0.4, -0.2) is 30.1 Å². The van der Waals surface area contributed by atoms with Crippen molar-refractivity contribution in [3.05, 3.63) is 136 Å². The quantitative estimate of drug-likeness (QED) is 0.340. The number of rotatable bonds is 4. The molecule has 4 aromatic heterocycles. The average molecular weight is 525 g/mol. The first-order valence-corrected chi connectivity index (χ1v) is 12.8. The molecule has 6 rings (SSSR count). The number of hydrogen-bond acceptors (Lipinski definition) is 5. The summed E-state index contributed by atoms with van der Waals surface area (Å²) in [5.41, 5.74) is 3.76. The molecule has 0 fully saturated rings. The van der Waals surface area contributed by atoms with Gasteiger partial charge in [0.1, 0.15) is 11.3 Å². The maximum Gasteiger partial charge on any atom is 0.264 e. The Morgan fingerprint density at radius 3 is 2.52 bits per heavy atom. The first-order chi connectivity index (χ1) is 19.5. The van der Waals surface area contributed by atoms with Crippen molar-refractivity contribution >= 4 is 22.3 Å². The zero-order valence-corrected chi connectivity index (χ0v) is 21.9. The van der Waals surface area contributed by atoms with Crippen molar-refractivity contribution in [3.63, 3.8) is 0 Å². The zero-order chi connectivity index (χ0) is 27.6. The monoisotopic (exact) mass is 524 g/mol. The lowest BCUT2D eigenvalue weighted by atomic mass is 10.0. The van der Waals surface area contributed by atoms with Crippen molar-refractivity contribution in [1.82, 2.24) is 29.5 Å². The number of para-hydroxylation sites is 1. The summed E-state index contributed by atoms with van der Waals surface area (Å²) in [5, 5.41) is 8.70. The topological polar surface area (TPSA) is 94.2 Å². The van der Waals surface area contributed by atoms with E-state index in [1.165, 1.54) is 0 Å². The van der Waals surface area contributed by atoms with Crippen LogP contribution in [0.25, 0.3) is 22.1 Å². The first kappa shape index (κ1) is 24.8. The summed E-state index contributed by atoms with van der Waals surface area (Å²) in [6.07, 6.45) is 5.06. The lowest BCUT2D eigenvalue weighted by Gasteiger charge is -2.21. The third kappa shape index (κ3) is 4.50. The Bertz CT molecular complexity index is 2000. The summed E-state index contributed by atoms with van der Waals surface area (Å²) in [7, 11) is 0. The zero-order valence-electron chi connectivity index (χ0n) is 21.9. The number of amides is 1. The highest BCUT2D eigenvalue weighted by atomic mass is 16.2. The molecule has 0 radical (unpaired) electrons. The van der Waals surface area contributed by atoms with Gasteiger partial charge in [0.05, 0.1) is 17.1 Å². The minimum atomic E-state index is -0.522. The molecule has 2 aromatic carbocycles. The molecule has 1 N–H and O–H groups in total. The van der Waals surface area contributed by atoms with E-state index in [9.17, 15) is 9.59 Å². The molecule has 6 aromatic rings. The van der Waals surface area contributed by atoms with Crippen LogP contribution in [0.1, 0.15) is 46.0 Å². The third-order valence-electron chi connectivity index (χ3n) is 6.67. The van der Waals surface area contributed by atoms with E-state index in [2.05, 4.69) is 32.2 Å². The number of nitrogens with zero attached hydrogens (tertiary/aromatic N) is 5. The van der Waals surface area contributed by atoms with Crippen molar-refractivity contribution in [2.75, 3.05) is 0 Å². The average Bonchev–Trinajstić information content (AvgIpc) is 3.32. The molecule has 4 heterocycles. The highest BCUT2D eigenvalue weighted by molar-refractivity contribution is 6.01. The molecule has 0 bridgehead atoms. The number of aromatic nitrogens is 5. The number of benzene rings is 2. The molecule has 0 aliphatic heterocycles. The highest BCUT2D eigenvalue weighted by Crippen LogP contribution is 2.24. The summed E-state index contributed by atoms with van der Waals surface area (Å²) in [6, 6.07) is 23.7. The van der Waals surface area contributed by atoms with E-state index in [1.54, 1.807) is 40.7 Å². The van der Waals surface area contributed by atoms with E-state index in [0.29, 0.717) is 44.9 Å². The highest BCUT2D eigenvalue weighted by Gasteiger charge is 2.23. The molecule has 0 unspecified atom stereocenters.